The van der Waals surface area contributed by atoms with Crippen molar-refractivity contribution in [1.82, 2.24) is 0 Å². The minimum absolute atomic E-state index is 0.323. The van der Waals surface area contributed by atoms with Gasteiger partial charge in [0.25, 0.3) is 0 Å². The van der Waals surface area contributed by atoms with Crippen molar-refractivity contribution in [1.29, 1.82) is 0 Å². The maximum absolute atomic E-state index is 13.2. The fraction of sp³-hybridized carbons (Fsp3) is 0.429. The maximum Gasteiger partial charge on any atom is 0.343 e. The second-order valence-electron chi connectivity index (χ2n) is 18.7. The quantitative estimate of drug-likeness (QED) is 0.0134. The SMILES string of the molecule is CCCCCCCCCCCCCOc1ccc(/C=C/c2ccc(C(=O)Oc3cccc(OC(=O)c4ccc(/C=C/c5ccc(OCCCCCCCCCCCCC)c(I)c5)cc4)c3C)cc2)cc1I. The van der Waals surface area contributed by atoms with Gasteiger partial charge >= 0.3 is 11.9 Å². The summed E-state index contributed by atoms with van der Waals surface area (Å²) in [6.07, 6.45) is 37.2. The van der Waals surface area contributed by atoms with Crippen molar-refractivity contribution < 1.29 is 28.5 Å². The van der Waals surface area contributed by atoms with Gasteiger partial charge in [-0.3, -0.25) is 0 Å². The minimum Gasteiger partial charge on any atom is -0.492 e. The van der Waals surface area contributed by atoms with E-state index in [-0.39, 0.29) is 0 Å². The van der Waals surface area contributed by atoms with E-state index >= 15 is 0 Å². The summed E-state index contributed by atoms with van der Waals surface area (Å²) in [5, 5.41) is 0. The number of hydrogen-bond donors (Lipinski definition) is 0. The van der Waals surface area contributed by atoms with Crippen LogP contribution in [0.4, 0.5) is 0 Å². The van der Waals surface area contributed by atoms with Crippen LogP contribution in [0.15, 0.2) is 103 Å². The topological polar surface area (TPSA) is 71.1 Å². The molecule has 8 heteroatoms. The Morgan fingerprint density at radius 2 is 0.704 bits per heavy atom. The zero-order valence-electron chi connectivity index (χ0n) is 42.8. The molecular formula is C63H78I2O6. The van der Waals surface area contributed by atoms with Gasteiger partial charge < -0.3 is 18.9 Å². The van der Waals surface area contributed by atoms with Crippen LogP contribution in [0.1, 0.15) is 204 Å². The van der Waals surface area contributed by atoms with E-state index in [0.717, 1.165) is 66.9 Å². The first-order valence-corrected chi connectivity index (χ1v) is 28.8. The molecule has 0 aliphatic carbocycles. The van der Waals surface area contributed by atoms with Crippen molar-refractivity contribution in [2.45, 2.75) is 162 Å². The van der Waals surface area contributed by atoms with Gasteiger partial charge in [0, 0.05) is 5.56 Å². The van der Waals surface area contributed by atoms with Gasteiger partial charge in [0.05, 0.1) is 31.5 Å². The number of benzene rings is 5. The van der Waals surface area contributed by atoms with Gasteiger partial charge in [-0.25, -0.2) is 9.59 Å². The van der Waals surface area contributed by atoms with Gasteiger partial charge in [-0.15, -0.1) is 0 Å². The molecule has 0 heterocycles. The summed E-state index contributed by atoms with van der Waals surface area (Å²) < 4.78 is 26.0. The van der Waals surface area contributed by atoms with Gasteiger partial charge in [-0.05, 0) is 148 Å². The first-order chi connectivity index (χ1) is 34.7. The molecule has 0 aromatic heterocycles. The standard InChI is InChI=1S/C63H78I2O6/c1-4-6-8-10-12-14-16-18-20-22-24-45-68-60-43-37-52(47-56(60)64)31-29-50-33-39-54(40-34-50)62(66)70-58-27-26-28-59(49(58)3)71-63(67)55-41-35-51(36-42-55)30-32-53-38-44-61(57(65)48-53)69-46-25-23-21-19-17-15-13-11-9-7-5-2/h26-44,47-48H,4-25,45-46H2,1-3H3/b31-29+,32-30+. The largest absolute Gasteiger partial charge is 0.492 e. The van der Waals surface area contributed by atoms with Crippen LogP contribution in [-0.2, 0) is 0 Å². The van der Waals surface area contributed by atoms with E-state index in [1.165, 1.54) is 128 Å². The predicted molar refractivity (Wildman–Crippen MR) is 314 cm³/mol. The number of carbonyl (C=O) groups excluding carboxylic acids is 2. The molecule has 5 rings (SSSR count). The zero-order chi connectivity index (χ0) is 50.3. The summed E-state index contributed by atoms with van der Waals surface area (Å²) >= 11 is 4.68. The van der Waals surface area contributed by atoms with Crippen molar-refractivity contribution >= 4 is 81.4 Å². The molecule has 0 saturated carbocycles. The number of hydrogen-bond acceptors (Lipinski definition) is 6. The van der Waals surface area contributed by atoms with Crippen molar-refractivity contribution in [2.24, 2.45) is 0 Å². The van der Waals surface area contributed by atoms with Crippen molar-refractivity contribution in [3.63, 3.8) is 0 Å². The van der Waals surface area contributed by atoms with Crippen LogP contribution in [0.2, 0.25) is 0 Å². The van der Waals surface area contributed by atoms with Gasteiger partial charge in [0.1, 0.15) is 23.0 Å². The summed E-state index contributed by atoms with van der Waals surface area (Å²) in [6.45, 7) is 7.81. The molecule has 0 bridgehead atoms. The Morgan fingerprint density at radius 3 is 1.04 bits per heavy atom. The fourth-order valence-electron chi connectivity index (χ4n) is 8.35. The summed E-state index contributed by atoms with van der Waals surface area (Å²) in [5.74, 6) is 1.50. The first-order valence-electron chi connectivity index (χ1n) is 26.7. The Hall–Kier alpha value is -4.42. The number of carbonyl (C=O) groups is 2. The highest BCUT2D eigenvalue weighted by Crippen LogP contribution is 2.30. The molecule has 0 fully saturated rings. The lowest BCUT2D eigenvalue weighted by Gasteiger charge is -2.12. The van der Waals surface area contributed by atoms with Crippen LogP contribution in [0, 0.1) is 14.1 Å². The van der Waals surface area contributed by atoms with E-state index in [2.05, 4.69) is 95.4 Å². The molecule has 71 heavy (non-hydrogen) atoms. The van der Waals surface area contributed by atoms with Gasteiger partial charge in [-0.2, -0.15) is 0 Å². The Bertz CT molecular complexity index is 2220. The minimum atomic E-state index is -0.497. The first kappa shape index (κ1) is 57.5. The van der Waals surface area contributed by atoms with E-state index in [1.807, 2.05) is 48.6 Å². The fourth-order valence-corrected chi connectivity index (χ4v) is 9.74. The Morgan fingerprint density at radius 1 is 0.394 bits per heavy atom. The van der Waals surface area contributed by atoms with E-state index < -0.39 is 11.9 Å². The highest BCUT2D eigenvalue weighted by molar-refractivity contribution is 14.1. The lowest BCUT2D eigenvalue weighted by molar-refractivity contribution is 0.0730. The van der Waals surface area contributed by atoms with Crippen LogP contribution in [0.5, 0.6) is 23.0 Å². The van der Waals surface area contributed by atoms with E-state index in [1.54, 1.807) is 49.4 Å². The molecule has 6 nitrogen and oxygen atoms in total. The van der Waals surface area contributed by atoms with Crippen LogP contribution in [0.25, 0.3) is 24.3 Å². The van der Waals surface area contributed by atoms with Gasteiger partial charge in [0.2, 0.25) is 0 Å². The molecule has 0 saturated heterocycles. The van der Waals surface area contributed by atoms with Gasteiger partial charge in [-0.1, -0.05) is 209 Å². The van der Waals surface area contributed by atoms with Gasteiger partial charge in [0.15, 0.2) is 0 Å². The zero-order valence-corrected chi connectivity index (χ0v) is 47.1. The highest BCUT2D eigenvalue weighted by atomic mass is 127. The average Bonchev–Trinajstić information content (AvgIpc) is 3.38. The number of ether oxygens (including phenoxy) is 4. The summed E-state index contributed by atoms with van der Waals surface area (Å²) in [4.78, 5) is 26.5. The third-order valence-electron chi connectivity index (χ3n) is 12.8. The summed E-state index contributed by atoms with van der Waals surface area (Å²) in [6, 6.07) is 32.2. The second-order valence-corrected chi connectivity index (χ2v) is 21.0. The Balaban J connectivity index is 1.00. The van der Waals surface area contributed by atoms with E-state index in [4.69, 9.17) is 18.9 Å². The van der Waals surface area contributed by atoms with Crippen LogP contribution >= 0.6 is 45.2 Å². The number of rotatable bonds is 34. The Kier molecular flexibility index (Phi) is 27.6. The van der Waals surface area contributed by atoms with E-state index in [9.17, 15) is 9.59 Å². The molecule has 5 aromatic carbocycles. The molecule has 0 spiro atoms. The van der Waals surface area contributed by atoms with Crippen molar-refractivity contribution in [3.05, 3.63) is 149 Å². The summed E-state index contributed by atoms with van der Waals surface area (Å²) in [7, 11) is 0. The van der Waals surface area contributed by atoms with E-state index in [0.29, 0.717) is 28.2 Å². The predicted octanol–water partition coefficient (Wildman–Crippen LogP) is 19.4. The average molecular weight is 1190 g/mol. The monoisotopic (exact) mass is 1180 g/mol. The third-order valence-corrected chi connectivity index (χ3v) is 14.5. The van der Waals surface area contributed by atoms with Crippen LogP contribution in [-0.4, -0.2) is 25.2 Å². The van der Waals surface area contributed by atoms with Crippen molar-refractivity contribution in [2.75, 3.05) is 13.2 Å². The Labute approximate surface area is 454 Å². The molecular weight excluding hydrogens is 1110 g/mol. The lowest BCUT2D eigenvalue weighted by atomic mass is 10.1. The lowest BCUT2D eigenvalue weighted by Crippen LogP contribution is -2.12. The normalized spacial score (nSPS) is 11.4. The molecule has 380 valence electrons. The third kappa shape index (κ3) is 22.1. The molecule has 0 aliphatic rings. The molecule has 0 unspecified atom stereocenters. The van der Waals surface area contributed by atoms with Crippen LogP contribution < -0.4 is 18.9 Å². The molecule has 0 aliphatic heterocycles. The van der Waals surface area contributed by atoms with Crippen LogP contribution in [0.3, 0.4) is 0 Å². The molecule has 0 atom stereocenters. The summed E-state index contributed by atoms with van der Waals surface area (Å²) in [5.41, 5.74) is 5.44. The molecule has 5 aromatic rings. The maximum atomic E-state index is 13.2. The molecule has 0 radical (unpaired) electrons. The molecule has 0 N–H and O–H groups in total. The number of unbranched alkanes of at least 4 members (excludes halogenated alkanes) is 20. The smallest absolute Gasteiger partial charge is 0.343 e. The van der Waals surface area contributed by atoms with Crippen molar-refractivity contribution in [3.8, 4) is 23.0 Å². The molecule has 0 amide bonds. The number of halogens is 2. The highest BCUT2D eigenvalue weighted by Gasteiger charge is 2.16. The number of esters is 2. The second kappa shape index (κ2) is 34.1.